The number of aromatic nitrogens is 2. The van der Waals surface area contributed by atoms with Crippen molar-refractivity contribution in [3.05, 3.63) is 95.8 Å². The van der Waals surface area contributed by atoms with Crippen LogP contribution < -0.4 is 4.74 Å². The summed E-state index contributed by atoms with van der Waals surface area (Å²) < 4.78 is 7.39. The third kappa shape index (κ3) is 3.22. The summed E-state index contributed by atoms with van der Waals surface area (Å²) in [5.74, 6) is -0.415. The van der Waals surface area contributed by atoms with Crippen molar-refractivity contribution >= 4 is 22.8 Å². The van der Waals surface area contributed by atoms with E-state index in [1.165, 1.54) is 0 Å². The summed E-state index contributed by atoms with van der Waals surface area (Å²) in [5.41, 5.74) is 2.73. The molecule has 1 aromatic heterocycles. The number of carbonyl (C=O) groups excluding carboxylic acids is 2. The van der Waals surface area contributed by atoms with Crippen molar-refractivity contribution in [2.75, 3.05) is 0 Å². The smallest absolute Gasteiger partial charge is 0.344 e. The van der Waals surface area contributed by atoms with E-state index in [1.807, 2.05) is 23.7 Å². The van der Waals surface area contributed by atoms with Gasteiger partial charge in [0.25, 0.3) is 0 Å². The highest BCUT2D eigenvalue weighted by Gasteiger charge is 2.19. The van der Waals surface area contributed by atoms with E-state index in [0.29, 0.717) is 16.9 Å². The molecule has 132 valence electrons. The summed E-state index contributed by atoms with van der Waals surface area (Å²) in [7, 11) is 1.90. The molecule has 4 rings (SSSR count). The van der Waals surface area contributed by atoms with E-state index in [1.54, 1.807) is 67.0 Å². The van der Waals surface area contributed by atoms with Crippen LogP contribution in [0.3, 0.4) is 0 Å². The van der Waals surface area contributed by atoms with Gasteiger partial charge in [-0.1, -0.05) is 48.5 Å². The number of ether oxygens (including phenoxy) is 1. The van der Waals surface area contributed by atoms with Gasteiger partial charge in [0.05, 0.1) is 22.9 Å². The fraction of sp³-hybridized carbons (Fsp3) is 0.0455. The lowest BCUT2D eigenvalue weighted by molar-refractivity contribution is 0.0730. The van der Waals surface area contributed by atoms with Crippen LogP contribution in [-0.2, 0) is 7.05 Å². The Kier molecular flexibility index (Phi) is 4.26. The van der Waals surface area contributed by atoms with Crippen LogP contribution in [0.25, 0.3) is 11.0 Å². The maximum atomic E-state index is 12.8. The van der Waals surface area contributed by atoms with Gasteiger partial charge >= 0.3 is 5.97 Å². The van der Waals surface area contributed by atoms with E-state index in [2.05, 4.69) is 4.98 Å². The van der Waals surface area contributed by atoms with Gasteiger partial charge in [-0.2, -0.15) is 0 Å². The number of hydrogen-bond donors (Lipinski definition) is 0. The Morgan fingerprint density at radius 1 is 0.889 bits per heavy atom. The molecule has 5 heteroatoms. The van der Waals surface area contributed by atoms with Crippen molar-refractivity contribution in [2.24, 2.45) is 7.05 Å². The molecule has 0 amide bonds. The lowest BCUT2D eigenvalue weighted by Gasteiger charge is -2.09. The van der Waals surface area contributed by atoms with Gasteiger partial charge in [-0.05, 0) is 18.2 Å². The van der Waals surface area contributed by atoms with Crippen LogP contribution in [0.5, 0.6) is 5.75 Å². The zero-order valence-electron chi connectivity index (χ0n) is 14.6. The minimum Gasteiger partial charge on any atom is -0.423 e. The first-order valence-electron chi connectivity index (χ1n) is 8.45. The number of nitrogens with zero attached hydrogens (tertiary/aromatic N) is 2. The molecule has 0 spiro atoms. The first-order valence-corrected chi connectivity index (χ1v) is 8.45. The average molecular weight is 356 g/mol. The summed E-state index contributed by atoms with van der Waals surface area (Å²) in [6.07, 6.45) is 1.70. The number of esters is 1. The molecule has 0 aliphatic carbocycles. The molecule has 0 aliphatic rings. The van der Waals surface area contributed by atoms with Crippen LogP contribution in [0.15, 0.2) is 79.1 Å². The number of fused-ring (bicyclic) bond motifs is 1. The van der Waals surface area contributed by atoms with Crippen LogP contribution in [0.4, 0.5) is 0 Å². The molecule has 0 atom stereocenters. The maximum Gasteiger partial charge on any atom is 0.344 e. The molecule has 0 N–H and O–H groups in total. The van der Waals surface area contributed by atoms with Crippen LogP contribution in [0, 0.1) is 0 Å². The molecule has 0 bridgehead atoms. The molecule has 1 heterocycles. The minimum absolute atomic E-state index is 0.219. The Bertz CT molecular complexity index is 1150. The van der Waals surface area contributed by atoms with Gasteiger partial charge in [0.1, 0.15) is 5.75 Å². The van der Waals surface area contributed by atoms with Gasteiger partial charge in [0.2, 0.25) is 0 Å². The highest BCUT2D eigenvalue weighted by Crippen LogP contribution is 2.22. The van der Waals surface area contributed by atoms with E-state index >= 15 is 0 Å². The van der Waals surface area contributed by atoms with Crippen molar-refractivity contribution < 1.29 is 14.3 Å². The van der Waals surface area contributed by atoms with Crippen molar-refractivity contribution in [1.29, 1.82) is 0 Å². The molecule has 5 nitrogen and oxygen atoms in total. The second kappa shape index (κ2) is 6.88. The molecule has 3 aromatic carbocycles. The van der Waals surface area contributed by atoms with Gasteiger partial charge in [0, 0.05) is 24.2 Å². The molecule has 0 saturated heterocycles. The van der Waals surface area contributed by atoms with E-state index in [9.17, 15) is 9.59 Å². The minimum atomic E-state index is -0.579. The monoisotopic (exact) mass is 356 g/mol. The topological polar surface area (TPSA) is 61.2 Å². The van der Waals surface area contributed by atoms with Gasteiger partial charge < -0.3 is 9.30 Å². The normalized spacial score (nSPS) is 10.7. The largest absolute Gasteiger partial charge is 0.423 e. The van der Waals surface area contributed by atoms with Gasteiger partial charge in [-0.25, -0.2) is 9.78 Å². The highest BCUT2D eigenvalue weighted by molar-refractivity contribution is 6.14. The fourth-order valence-corrected chi connectivity index (χ4v) is 2.95. The number of carbonyl (C=O) groups is 2. The Labute approximate surface area is 155 Å². The van der Waals surface area contributed by atoms with Crippen molar-refractivity contribution in [3.63, 3.8) is 0 Å². The molecular formula is C22H16N2O3. The van der Waals surface area contributed by atoms with E-state index < -0.39 is 5.97 Å². The Morgan fingerprint density at radius 2 is 1.59 bits per heavy atom. The van der Waals surface area contributed by atoms with E-state index in [4.69, 9.17) is 4.74 Å². The van der Waals surface area contributed by atoms with Crippen LogP contribution in [0.2, 0.25) is 0 Å². The predicted molar refractivity (Wildman–Crippen MR) is 102 cm³/mol. The summed E-state index contributed by atoms with van der Waals surface area (Å²) in [5, 5.41) is 0. The maximum absolute atomic E-state index is 12.8. The fourth-order valence-electron chi connectivity index (χ4n) is 2.95. The molecule has 0 radical (unpaired) electrons. The number of aryl methyl sites for hydroxylation is 1. The molecular weight excluding hydrogens is 340 g/mol. The van der Waals surface area contributed by atoms with E-state index in [-0.39, 0.29) is 11.3 Å². The SMILES string of the molecule is Cn1cnc2cc(OC(=O)c3ccccc3C(=O)c3ccccc3)ccc21. The molecule has 27 heavy (non-hydrogen) atoms. The zero-order chi connectivity index (χ0) is 18.8. The third-order valence-corrected chi connectivity index (χ3v) is 4.34. The molecule has 0 fully saturated rings. The van der Waals surface area contributed by atoms with Crippen LogP contribution >= 0.6 is 0 Å². The second-order valence-electron chi connectivity index (χ2n) is 6.14. The molecule has 0 aliphatic heterocycles. The molecule has 4 aromatic rings. The van der Waals surface area contributed by atoms with Gasteiger partial charge in [-0.15, -0.1) is 0 Å². The highest BCUT2D eigenvalue weighted by atomic mass is 16.5. The molecule has 0 saturated carbocycles. The summed E-state index contributed by atoms with van der Waals surface area (Å²) >= 11 is 0. The first kappa shape index (κ1) is 16.7. The molecule has 0 unspecified atom stereocenters. The summed E-state index contributed by atoms with van der Waals surface area (Å²) in [4.78, 5) is 29.8. The lowest BCUT2D eigenvalue weighted by atomic mass is 9.98. The zero-order valence-corrected chi connectivity index (χ0v) is 14.6. The van der Waals surface area contributed by atoms with Gasteiger partial charge in [0.15, 0.2) is 5.78 Å². The Morgan fingerprint density at radius 3 is 2.37 bits per heavy atom. The standard InChI is InChI=1S/C22H16N2O3/c1-24-14-23-19-13-16(11-12-20(19)24)27-22(26)18-10-6-5-9-17(18)21(25)15-7-3-2-4-8-15/h2-14H,1H3. The summed E-state index contributed by atoms with van der Waals surface area (Å²) in [6.45, 7) is 0. The van der Waals surface area contributed by atoms with Crippen LogP contribution in [-0.4, -0.2) is 21.3 Å². The number of benzene rings is 3. The Balaban J connectivity index is 1.64. The quantitative estimate of drug-likeness (QED) is 0.315. The van der Waals surface area contributed by atoms with Crippen molar-refractivity contribution in [2.45, 2.75) is 0 Å². The van der Waals surface area contributed by atoms with Gasteiger partial charge in [-0.3, -0.25) is 4.79 Å². The van der Waals surface area contributed by atoms with Crippen molar-refractivity contribution in [1.82, 2.24) is 9.55 Å². The van der Waals surface area contributed by atoms with Crippen molar-refractivity contribution in [3.8, 4) is 5.75 Å². The Hall–Kier alpha value is -3.73. The average Bonchev–Trinajstić information content (AvgIpc) is 3.08. The number of rotatable bonds is 4. The predicted octanol–water partition coefficient (Wildman–Crippen LogP) is 4.02. The number of imidazole rings is 1. The number of hydrogen-bond acceptors (Lipinski definition) is 4. The van der Waals surface area contributed by atoms with Crippen LogP contribution in [0.1, 0.15) is 26.3 Å². The number of ketones is 1. The second-order valence-corrected chi connectivity index (χ2v) is 6.14. The first-order chi connectivity index (χ1) is 13.1. The van der Waals surface area contributed by atoms with E-state index in [0.717, 1.165) is 11.0 Å². The lowest BCUT2D eigenvalue weighted by Crippen LogP contribution is -2.14. The third-order valence-electron chi connectivity index (χ3n) is 4.34. The summed E-state index contributed by atoms with van der Waals surface area (Å²) in [6, 6.07) is 20.8.